The molecular formula is C18H18N4O3. The fourth-order valence-electron chi connectivity index (χ4n) is 3.35. The maximum absolute atomic E-state index is 12.6. The molecule has 2 aromatic heterocycles. The molecule has 0 bridgehead atoms. The van der Waals surface area contributed by atoms with Crippen LogP contribution < -0.4 is 0 Å². The van der Waals surface area contributed by atoms with Gasteiger partial charge in [0.15, 0.2) is 0 Å². The van der Waals surface area contributed by atoms with Crippen LogP contribution in [0.3, 0.4) is 0 Å². The highest BCUT2D eigenvalue weighted by molar-refractivity contribution is 5.92. The van der Waals surface area contributed by atoms with Gasteiger partial charge in [0.05, 0.1) is 24.4 Å². The lowest BCUT2D eigenvalue weighted by Gasteiger charge is -2.36. The summed E-state index contributed by atoms with van der Waals surface area (Å²) >= 11 is 0. The van der Waals surface area contributed by atoms with E-state index in [1.807, 2.05) is 18.2 Å². The number of aromatic nitrogens is 2. The van der Waals surface area contributed by atoms with E-state index in [4.69, 9.17) is 4.74 Å². The first kappa shape index (κ1) is 15.7. The lowest BCUT2D eigenvalue weighted by Crippen LogP contribution is -2.53. The first-order chi connectivity index (χ1) is 12.2. The number of carbonyl (C=O) groups is 2. The van der Waals surface area contributed by atoms with Crippen molar-refractivity contribution in [3.05, 3.63) is 60.2 Å². The number of pyridine rings is 2. The molecule has 0 N–H and O–H groups in total. The number of likely N-dealkylation sites (tertiary alicyclic amines) is 1. The van der Waals surface area contributed by atoms with E-state index in [1.165, 1.54) is 0 Å². The number of morpholine rings is 1. The third kappa shape index (κ3) is 3.10. The fourth-order valence-corrected chi connectivity index (χ4v) is 3.35. The number of hydrogen-bond donors (Lipinski definition) is 0. The van der Waals surface area contributed by atoms with Crippen molar-refractivity contribution in [1.82, 2.24) is 19.8 Å². The molecule has 0 saturated carbocycles. The largest absolute Gasteiger partial charge is 0.364 e. The second-order valence-electron chi connectivity index (χ2n) is 6.18. The summed E-state index contributed by atoms with van der Waals surface area (Å²) in [6.07, 6.45) is 3.14. The van der Waals surface area contributed by atoms with E-state index >= 15 is 0 Å². The van der Waals surface area contributed by atoms with Crippen LogP contribution in [0.15, 0.2) is 48.8 Å². The smallest absolute Gasteiger partial charge is 0.272 e. The molecule has 2 atom stereocenters. The Balaban J connectivity index is 1.52. The summed E-state index contributed by atoms with van der Waals surface area (Å²) in [5, 5.41) is 0. The minimum atomic E-state index is -0.172. The summed E-state index contributed by atoms with van der Waals surface area (Å²) in [5.74, 6) is -0.206. The Kier molecular flexibility index (Phi) is 4.15. The van der Waals surface area contributed by atoms with E-state index in [2.05, 4.69) is 9.97 Å². The summed E-state index contributed by atoms with van der Waals surface area (Å²) < 4.78 is 5.67. The monoisotopic (exact) mass is 338 g/mol. The second kappa shape index (κ2) is 6.60. The van der Waals surface area contributed by atoms with Crippen molar-refractivity contribution in [3.8, 4) is 0 Å². The first-order valence-electron chi connectivity index (χ1n) is 8.23. The maximum Gasteiger partial charge on any atom is 0.272 e. The van der Waals surface area contributed by atoms with Crippen molar-refractivity contribution in [1.29, 1.82) is 0 Å². The third-order valence-electron chi connectivity index (χ3n) is 4.61. The molecule has 2 amide bonds. The average Bonchev–Trinajstić information content (AvgIpc) is 3.10. The van der Waals surface area contributed by atoms with Gasteiger partial charge in [-0.3, -0.25) is 19.6 Å². The van der Waals surface area contributed by atoms with Gasteiger partial charge in [0.1, 0.15) is 12.3 Å². The molecule has 2 unspecified atom stereocenters. The second-order valence-corrected chi connectivity index (χ2v) is 6.18. The molecule has 2 aliphatic heterocycles. The van der Waals surface area contributed by atoms with Gasteiger partial charge in [0.2, 0.25) is 5.91 Å². The third-order valence-corrected chi connectivity index (χ3v) is 4.61. The molecule has 0 aromatic carbocycles. The minimum absolute atomic E-state index is 0.0413. The number of fused-ring (bicyclic) bond motifs is 1. The predicted molar refractivity (Wildman–Crippen MR) is 88.5 cm³/mol. The number of hydrogen-bond acceptors (Lipinski definition) is 5. The van der Waals surface area contributed by atoms with Crippen molar-refractivity contribution in [3.63, 3.8) is 0 Å². The van der Waals surface area contributed by atoms with Crippen molar-refractivity contribution in [2.75, 3.05) is 19.7 Å². The minimum Gasteiger partial charge on any atom is -0.364 e. The van der Waals surface area contributed by atoms with Crippen LogP contribution in [0.4, 0.5) is 0 Å². The maximum atomic E-state index is 12.6. The average molecular weight is 338 g/mol. The van der Waals surface area contributed by atoms with Crippen LogP contribution in [0.2, 0.25) is 0 Å². The number of ether oxygens (including phenoxy) is 1. The molecule has 2 aliphatic rings. The molecule has 0 radical (unpaired) electrons. The van der Waals surface area contributed by atoms with Gasteiger partial charge >= 0.3 is 0 Å². The van der Waals surface area contributed by atoms with Gasteiger partial charge in [-0.25, -0.2) is 0 Å². The molecule has 0 aliphatic carbocycles. The van der Waals surface area contributed by atoms with E-state index < -0.39 is 0 Å². The van der Waals surface area contributed by atoms with Gasteiger partial charge in [0, 0.05) is 25.5 Å². The Labute approximate surface area is 145 Å². The highest BCUT2D eigenvalue weighted by Crippen LogP contribution is 2.25. The van der Waals surface area contributed by atoms with E-state index in [1.54, 1.807) is 40.4 Å². The topological polar surface area (TPSA) is 75.6 Å². The Morgan fingerprint density at radius 1 is 1.12 bits per heavy atom. The number of amides is 2. The summed E-state index contributed by atoms with van der Waals surface area (Å²) in [6, 6.07) is 10.7. The lowest BCUT2D eigenvalue weighted by molar-refractivity contribution is -0.154. The van der Waals surface area contributed by atoms with Gasteiger partial charge in [0.25, 0.3) is 5.91 Å². The Morgan fingerprint density at radius 2 is 1.92 bits per heavy atom. The van der Waals surface area contributed by atoms with Gasteiger partial charge < -0.3 is 14.5 Å². The molecular weight excluding hydrogens is 320 g/mol. The molecule has 7 heteroatoms. The van der Waals surface area contributed by atoms with Crippen molar-refractivity contribution in [2.45, 2.75) is 18.7 Å². The highest BCUT2D eigenvalue weighted by atomic mass is 16.5. The molecule has 2 aromatic rings. The number of carbonyl (C=O) groups excluding carboxylic acids is 2. The zero-order valence-corrected chi connectivity index (χ0v) is 13.6. The summed E-state index contributed by atoms with van der Waals surface area (Å²) in [5.41, 5.74) is 1.23. The molecule has 25 heavy (non-hydrogen) atoms. The normalized spacial score (nSPS) is 22.8. The molecule has 128 valence electrons. The number of rotatable bonds is 3. The molecule has 0 spiro atoms. The summed E-state index contributed by atoms with van der Waals surface area (Å²) in [7, 11) is 0. The molecule has 4 rings (SSSR count). The van der Waals surface area contributed by atoms with Crippen molar-refractivity contribution >= 4 is 11.8 Å². The van der Waals surface area contributed by atoms with E-state index in [0.717, 1.165) is 5.69 Å². The van der Waals surface area contributed by atoms with Crippen LogP contribution in [0, 0.1) is 0 Å². The van der Waals surface area contributed by atoms with Gasteiger partial charge in [-0.2, -0.15) is 0 Å². The van der Waals surface area contributed by atoms with Crippen LogP contribution in [0.1, 0.15) is 16.2 Å². The van der Waals surface area contributed by atoms with Crippen LogP contribution >= 0.6 is 0 Å². The lowest BCUT2D eigenvalue weighted by atomic mass is 10.1. The summed E-state index contributed by atoms with van der Waals surface area (Å²) in [4.78, 5) is 36.9. The first-order valence-corrected chi connectivity index (χ1v) is 8.23. The van der Waals surface area contributed by atoms with Gasteiger partial charge in [-0.05, 0) is 24.3 Å². The Bertz CT molecular complexity index is 768. The predicted octanol–water partition coefficient (Wildman–Crippen LogP) is 0.729. The van der Waals surface area contributed by atoms with Crippen LogP contribution in [0.25, 0.3) is 0 Å². The fraction of sp³-hybridized carbons (Fsp3) is 0.333. The van der Waals surface area contributed by atoms with Gasteiger partial charge in [-0.1, -0.05) is 12.1 Å². The van der Waals surface area contributed by atoms with E-state index in [0.29, 0.717) is 25.3 Å². The zero-order chi connectivity index (χ0) is 17.2. The Hall–Kier alpha value is -2.80. The van der Waals surface area contributed by atoms with Crippen LogP contribution in [0.5, 0.6) is 0 Å². The highest BCUT2D eigenvalue weighted by Gasteiger charge is 2.44. The van der Waals surface area contributed by atoms with Crippen LogP contribution in [-0.2, 0) is 16.1 Å². The van der Waals surface area contributed by atoms with Gasteiger partial charge in [-0.15, -0.1) is 0 Å². The zero-order valence-electron chi connectivity index (χ0n) is 13.6. The quantitative estimate of drug-likeness (QED) is 0.825. The van der Waals surface area contributed by atoms with E-state index in [-0.39, 0.29) is 30.6 Å². The molecule has 2 saturated heterocycles. The van der Waals surface area contributed by atoms with Crippen molar-refractivity contribution < 1.29 is 14.3 Å². The Morgan fingerprint density at radius 3 is 2.64 bits per heavy atom. The molecule has 4 heterocycles. The summed E-state index contributed by atoms with van der Waals surface area (Å²) in [6.45, 7) is 1.38. The standard InChI is InChI=1S/C18H18N4O3/c23-17-12-25-16-11-21(18(24)14-6-2-4-8-20-14)10-15(16)22(17)9-13-5-1-3-7-19-13/h1-8,15-16H,9-12H2. The molecule has 2 fully saturated rings. The van der Waals surface area contributed by atoms with Crippen molar-refractivity contribution in [2.24, 2.45) is 0 Å². The van der Waals surface area contributed by atoms with E-state index in [9.17, 15) is 9.59 Å². The molecule has 7 nitrogen and oxygen atoms in total. The van der Waals surface area contributed by atoms with Crippen LogP contribution in [-0.4, -0.2) is 63.4 Å². The SMILES string of the molecule is O=C(c1ccccn1)N1CC2OCC(=O)N(Cc3ccccn3)C2C1. The number of nitrogens with zero attached hydrogens (tertiary/aromatic N) is 4.